The predicted molar refractivity (Wildman–Crippen MR) is 124 cm³/mol. The van der Waals surface area contributed by atoms with E-state index in [1.165, 1.54) is 24.3 Å². The van der Waals surface area contributed by atoms with E-state index in [1.54, 1.807) is 22.5 Å². The van der Waals surface area contributed by atoms with Gasteiger partial charge in [-0.15, -0.1) is 0 Å². The highest BCUT2D eigenvalue weighted by Gasteiger charge is 2.31. The molecule has 2 N–H and O–H groups in total. The number of hydrogen-bond donors (Lipinski definition) is 2. The van der Waals surface area contributed by atoms with E-state index in [0.717, 1.165) is 12.0 Å². The van der Waals surface area contributed by atoms with Gasteiger partial charge in [0.2, 0.25) is 10.0 Å². The molecule has 1 saturated heterocycles. The second kappa shape index (κ2) is 10.3. The molecule has 1 heterocycles. The number of carbonyl (C=O) groups excluding carboxylic acids is 2. The number of hydrogen-bond acceptors (Lipinski definition) is 4. The van der Waals surface area contributed by atoms with Gasteiger partial charge in [0, 0.05) is 37.3 Å². The number of nitrogens with one attached hydrogen (secondary N) is 2. The molecule has 2 unspecified atom stereocenters. The minimum absolute atomic E-state index is 0.157. The minimum Gasteiger partial charge on any atom is -0.352 e. The lowest BCUT2D eigenvalue weighted by Gasteiger charge is -2.34. The highest BCUT2D eigenvalue weighted by Crippen LogP contribution is 2.26. The second-order valence-corrected chi connectivity index (χ2v) is 10.5. The molecule has 0 radical (unpaired) electrons. The first-order valence-corrected chi connectivity index (χ1v) is 12.4. The lowest BCUT2D eigenvalue weighted by molar-refractivity contribution is 0.0947. The van der Waals surface area contributed by atoms with Crippen molar-refractivity contribution in [1.29, 1.82) is 0 Å². The van der Waals surface area contributed by atoms with Crippen molar-refractivity contribution in [3.63, 3.8) is 0 Å². The summed E-state index contributed by atoms with van der Waals surface area (Å²) in [5, 5.41) is 5.56. The van der Waals surface area contributed by atoms with Gasteiger partial charge in [-0.2, -0.15) is 4.31 Å². The number of benzene rings is 2. The highest BCUT2D eigenvalue weighted by atomic mass is 32.2. The van der Waals surface area contributed by atoms with Crippen LogP contribution in [0.4, 0.5) is 0 Å². The quantitative estimate of drug-likeness (QED) is 0.668. The van der Waals surface area contributed by atoms with Gasteiger partial charge in [0.05, 0.1) is 4.90 Å². The van der Waals surface area contributed by atoms with Gasteiger partial charge in [-0.25, -0.2) is 8.42 Å². The molecule has 1 aliphatic rings. The fraction of sp³-hybridized carbons (Fsp3) is 0.417. The number of rotatable bonds is 7. The second-order valence-electron chi connectivity index (χ2n) is 8.53. The van der Waals surface area contributed by atoms with Crippen LogP contribution in [-0.2, 0) is 16.6 Å². The SMILES string of the molecule is CCNC(=O)c1cccc(CNC(=O)c2ccc(S(=O)(=O)N3CC(C)CC(C)C3)cc2)c1. The molecule has 8 heteroatoms. The van der Waals surface area contributed by atoms with Crippen molar-refractivity contribution in [2.75, 3.05) is 19.6 Å². The lowest BCUT2D eigenvalue weighted by atomic mass is 9.94. The van der Waals surface area contributed by atoms with Crippen LogP contribution in [0.5, 0.6) is 0 Å². The summed E-state index contributed by atoms with van der Waals surface area (Å²) in [4.78, 5) is 24.7. The lowest BCUT2D eigenvalue weighted by Crippen LogP contribution is -2.42. The molecule has 3 rings (SSSR count). The molecule has 0 bridgehead atoms. The van der Waals surface area contributed by atoms with E-state index in [9.17, 15) is 18.0 Å². The average molecular weight is 458 g/mol. The van der Waals surface area contributed by atoms with E-state index in [1.807, 2.05) is 13.0 Å². The van der Waals surface area contributed by atoms with Crippen molar-refractivity contribution in [2.24, 2.45) is 11.8 Å². The third-order valence-electron chi connectivity index (χ3n) is 5.57. The number of carbonyl (C=O) groups is 2. The highest BCUT2D eigenvalue weighted by molar-refractivity contribution is 7.89. The van der Waals surface area contributed by atoms with Gasteiger partial charge in [-0.05, 0) is 67.1 Å². The van der Waals surface area contributed by atoms with Crippen LogP contribution in [0.15, 0.2) is 53.4 Å². The van der Waals surface area contributed by atoms with E-state index in [0.29, 0.717) is 42.6 Å². The molecule has 0 aliphatic carbocycles. The maximum Gasteiger partial charge on any atom is 0.251 e. The van der Waals surface area contributed by atoms with Crippen LogP contribution in [0.1, 0.15) is 53.5 Å². The van der Waals surface area contributed by atoms with Gasteiger partial charge < -0.3 is 10.6 Å². The van der Waals surface area contributed by atoms with Crippen LogP contribution < -0.4 is 10.6 Å². The summed E-state index contributed by atoms with van der Waals surface area (Å²) in [6, 6.07) is 13.1. The van der Waals surface area contributed by atoms with Gasteiger partial charge in [-0.1, -0.05) is 26.0 Å². The monoisotopic (exact) mass is 457 g/mol. The maximum atomic E-state index is 13.0. The van der Waals surface area contributed by atoms with Crippen LogP contribution in [0.25, 0.3) is 0 Å². The van der Waals surface area contributed by atoms with Gasteiger partial charge in [0.25, 0.3) is 11.8 Å². The summed E-state index contributed by atoms with van der Waals surface area (Å²) in [5.74, 6) is 0.183. The third-order valence-corrected chi connectivity index (χ3v) is 7.42. The summed E-state index contributed by atoms with van der Waals surface area (Å²) in [6.07, 6.45) is 1.03. The molecule has 0 aromatic heterocycles. The molecule has 0 spiro atoms. The van der Waals surface area contributed by atoms with E-state index in [2.05, 4.69) is 24.5 Å². The third kappa shape index (κ3) is 5.75. The molecule has 2 aromatic rings. The Bertz CT molecular complexity index is 1060. The molecular weight excluding hydrogens is 426 g/mol. The van der Waals surface area contributed by atoms with E-state index < -0.39 is 10.0 Å². The standard InChI is InChI=1S/C24H31N3O4S/c1-4-25-24(29)21-7-5-6-19(13-21)14-26-23(28)20-8-10-22(11-9-20)32(30,31)27-15-17(2)12-18(3)16-27/h5-11,13,17-18H,4,12,14-16H2,1-3H3,(H,25,29)(H,26,28). The summed E-state index contributed by atoms with van der Waals surface area (Å²) < 4.78 is 27.5. The molecule has 2 atom stereocenters. The smallest absolute Gasteiger partial charge is 0.251 e. The molecule has 2 amide bonds. The van der Waals surface area contributed by atoms with Gasteiger partial charge in [0.15, 0.2) is 0 Å². The topological polar surface area (TPSA) is 95.6 Å². The summed E-state index contributed by atoms with van der Waals surface area (Å²) in [5.41, 5.74) is 1.72. The van der Waals surface area contributed by atoms with E-state index >= 15 is 0 Å². The van der Waals surface area contributed by atoms with E-state index in [-0.39, 0.29) is 23.3 Å². The molecule has 1 fully saturated rings. The maximum absolute atomic E-state index is 13.0. The van der Waals surface area contributed by atoms with Crippen molar-refractivity contribution >= 4 is 21.8 Å². The minimum atomic E-state index is -3.58. The van der Waals surface area contributed by atoms with Crippen LogP contribution in [0.3, 0.4) is 0 Å². The normalized spacial score (nSPS) is 19.3. The summed E-state index contributed by atoms with van der Waals surface area (Å²) in [7, 11) is -3.58. The number of sulfonamides is 1. The zero-order chi connectivity index (χ0) is 23.3. The van der Waals surface area contributed by atoms with Crippen molar-refractivity contribution in [2.45, 2.75) is 38.6 Å². The fourth-order valence-electron chi connectivity index (χ4n) is 4.10. The zero-order valence-corrected chi connectivity index (χ0v) is 19.6. The Morgan fingerprint density at radius 1 is 0.938 bits per heavy atom. The predicted octanol–water partition coefficient (Wildman–Crippen LogP) is 3.03. The Hall–Kier alpha value is -2.71. The molecule has 2 aromatic carbocycles. The first-order valence-electron chi connectivity index (χ1n) is 11.0. The molecule has 32 heavy (non-hydrogen) atoms. The van der Waals surface area contributed by atoms with Gasteiger partial charge in [0.1, 0.15) is 0 Å². The Morgan fingerprint density at radius 2 is 1.56 bits per heavy atom. The first-order chi connectivity index (χ1) is 15.2. The molecule has 1 aliphatic heterocycles. The number of nitrogens with zero attached hydrogens (tertiary/aromatic N) is 1. The zero-order valence-electron chi connectivity index (χ0n) is 18.8. The Balaban J connectivity index is 1.64. The van der Waals surface area contributed by atoms with Gasteiger partial charge >= 0.3 is 0 Å². The number of amides is 2. The Labute approximate surface area is 190 Å². The van der Waals surface area contributed by atoms with E-state index in [4.69, 9.17) is 0 Å². The Kier molecular flexibility index (Phi) is 7.69. The summed E-state index contributed by atoms with van der Waals surface area (Å²) >= 11 is 0. The largest absolute Gasteiger partial charge is 0.352 e. The first kappa shape index (κ1) is 23.9. The molecule has 172 valence electrons. The summed E-state index contributed by atoms with van der Waals surface area (Å²) in [6.45, 7) is 7.83. The fourth-order valence-corrected chi connectivity index (χ4v) is 5.78. The van der Waals surface area contributed by atoms with Crippen molar-refractivity contribution in [3.05, 3.63) is 65.2 Å². The number of piperidine rings is 1. The van der Waals surface area contributed by atoms with Crippen molar-refractivity contribution < 1.29 is 18.0 Å². The average Bonchev–Trinajstić information content (AvgIpc) is 2.77. The Morgan fingerprint density at radius 3 is 2.19 bits per heavy atom. The molecule has 7 nitrogen and oxygen atoms in total. The van der Waals surface area contributed by atoms with Crippen LogP contribution in [-0.4, -0.2) is 44.2 Å². The van der Waals surface area contributed by atoms with Crippen molar-refractivity contribution in [1.82, 2.24) is 14.9 Å². The van der Waals surface area contributed by atoms with Crippen LogP contribution >= 0.6 is 0 Å². The van der Waals surface area contributed by atoms with Crippen molar-refractivity contribution in [3.8, 4) is 0 Å². The van der Waals surface area contributed by atoms with Crippen LogP contribution in [0.2, 0.25) is 0 Å². The molecule has 0 saturated carbocycles. The molecular formula is C24H31N3O4S. The van der Waals surface area contributed by atoms with Crippen LogP contribution in [0, 0.1) is 11.8 Å². The van der Waals surface area contributed by atoms with Gasteiger partial charge in [-0.3, -0.25) is 9.59 Å².